The smallest absolute Gasteiger partial charge is 0.407 e. The molecule has 1 fully saturated rings. The highest BCUT2D eigenvalue weighted by Crippen LogP contribution is 2.28. The van der Waals surface area contributed by atoms with E-state index >= 15 is 0 Å². The van der Waals surface area contributed by atoms with Crippen molar-refractivity contribution in [3.05, 3.63) is 0 Å². The molecule has 0 heterocycles. The van der Waals surface area contributed by atoms with E-state index in [-0.39, 0.29) is 18.7 Å². The zero-order valence-corrected chi connectivity index (χ0v) is 11.3. The standard InChI is InChI=1S/C13H25NO3/c1-9-7-10(8-15)5-6-11(9)14-12(16)17-13(2,3)4/h9-11,15H,5-8H2,1-4H3,(H,14,16)/t9-,10+,11-/m0/s1. The molecule has 3 atom stereocenters. The Morgan fingerprint density at radius 3 is 2.53 bits per heavy atom. The van der Waals surface area contributed by atoms with E-state index in [0.717, 1.165) is 19.3 Å². The molecule has 0 unspecified atom stereocenters. The molecule has 0 bridgehead atoms. The molecule has 0 aliphatic heterocycles. The minimum atomic E-state index is -0.449. The van der Waals surface area contributed by atoms with Crippen LogP contribution >= 0.6 is 0 Å². The largest absolute Gasteiger partial charge is 0.444 e. The van der Waals surface area contributed by atoms with Crippen molar-refractivity contribution in [3.8, 4) is 0 Å². The van der Waals surface area contributed by atoms with Crippen molar-refractivity contribution in [3.63, 3.8) is 0 Å². The van der Waals surface area contributed by atoms with E-state index in [1.807, 2.05) is 20.8 Å². The van der Waals surface area contributed by atoms with Crippen molar-refractivity contribution in [2.24, 2.45) is 11.8 Å². The van der Waals surface area contributed by atoms with E-state index in [1.165, 1.54) is 0 Å². The number of carbonyl (C=O) groups excluding carboxylic acids is 1. The van der Waals surface area contributed by atoms with E-state index in [2.05, 4.69) is 12.2 Å². The average molecular weight is 243 g/mol. The second-order valence-electron chi connectivity index (χ2n) is 6.09. The number of alkyl carbamates (subject to hydrolysis) is 1. The molecule has 0 aromatic rings. The van der Waals surface area contributed by atoms with Crippen molar-refractivity contribution in [1.82, 2.24) is 5.32 Å². The van der Waals surface area contributed by atoms with Gasteiger partial charge in [-0.05, 0) is 51.9 Å². The summed E-state index contributed by atoms with van der Waals surface area (Å²) in [7, 11) is 0. The van der Waals surface area contributed by atoms with E-state index in [0.29, 0.717) is 11.8 Å². The highest BCUT2D eigenvalue weighted by atomic mass is 16.6. The number of aliphatic hydroxyl groups is 1. The fraction of sp³-hybridized carbons (Fsp3) is 0.923. The van der Waals surface area contributed by atoms with Crippen LogP contribution in [-0.2, 0) is 4.74 Å². The number of amides is 1. The zero-order chi connectivity index (χ0) is 13.1. The first-order valence-electron chi connectivity index (χ1n) is 6.42. The summed E-state index contributed by atoms with van der Waals surface area (Å²) in [5.74, 6) is 0.787. The lowest BCUT2D eigenvalue weighted by molar-refractivity contribution is 0.0450. The summed E-state index contributed by atoms with van der Waals surface area (Å²) >= 11 is 0. The third-order valence-corrected chi connectivity index (χ3v) is 3.24. The van der Waals surface area contributed by atoms with Crippen LogP contribution in [0, 0.1) is 11.8 Å². The summed E-state index contributed by atoms with van der Waals surface area (Å²) in [6.07, 6.45) is 2.53. The molecule has 2 N–H and O–H groups in total. The summed E-state index contributed by atoms with van der Waals surface area (Å²) in [5, 5.41) is 12.0. The lowest BCUT2D eigenvalue weighted by Gasteiger charge is -2.34. The SMILES string of the molecule is C[C@H]1C[C@H](CO)CC[C@@H]1NC(=O)OC(C)(C)C. The molecule has 1 rings (SSSR count). The van der Waals surface area contributed by atoms with Crippen molar-refractivity contribution >= 4 is 6.09 Å². The van der Waals surface area contributed by atoms with E-state index < -0.39 is 5.60 Å². The van der Waals surface area contributed by atoms with Crippen molar-refractivity contribution in [2.75, 3.05) is 6.61 Å². The second-order valence-corrected chi connectivity index (χ2v) is 6.09. The van der Waals surface area contributed by atoms with Crippen LogP contribution < -0.4 is 5.32 Å². The summed E-state index contributed by atoms with van der Waals surface area (Å²) in [5.41, 5.74) is -0.449. The number of ether oxygens (including phenoxy) is 1. The van der Waals surface area contributed by atoms with Gasteiger partial charge in [-0.15, -0.1) is 0 Å². The van der Waals surface area contributed by atoms with Crippen LogP contribution in [0.2, 0.25) is 0 Å². The Morgan fingerprint density at radius 2 is 2.06 bits per heavy atom. The van der Waals surface area contributed by atoms with Gasteiger partial charge in [-0.3, -0.25) is 0 Å². The van der Waals surface area contributed by atoms with Crippen LogP contribution in [0.15, 0.2) is 0 Å². The Labute approximate surface area is 104 Å². The first-order chi connectivity index (χ1) is 7.81. The van der Waals surface area contributed by atoms with Crippen LogP contribution in [-0.4, -0.2) is 29.4 Å². The third-order valence-electron chi connectivity index (χ3n) is 3.24. The molecule has 100 valence electrons. The minimum absolute atomic E-state index is 0.174. The molecule has 0 radical (unpaired) electrons. The van der Waals surface area contributed by atoms with Gasteiger partial charge in [-0.2, -0.15) is 0 Å². The zero-order valence-electron chi connectivity index (χ0n) is 11.3. The van der Waals surface area contributed by atoms with Gasteiger partial charge in [0.15, 0.2) is 0 Å². The minimum Gasteiger partial charge on any atom is -0.444 e. The molecule has 4 nitrogen and oxygen atoms in total. The summed E-state index contributed by atoms with van der Waals surface area (Å²) in [6.45, 7) is 7.95. The maximum atomic E-state index is 11.6. The molecular formula is C13H25NO3. The molecule has 1 aliphatic rings. The van der Waals surface area contributed by atoms with E-state index in [1.54, 1.807) is 0 Å². The first-order valence-corrected chi connectivity index (χ1v) is 6.42. The summed E-state index contributed by atoms with van der Waals surface area (Å²) < 4.78 is 5.24. The van der Waals surface area contributed by atoms with Gasteiger partial charge in [-0.1, -0.05) is 6.92 Å². The molecule has 1 amide bonds. The number of hydrogen-bond donors (Lipinski definition) is 2. The lowest BCUT2D eigenvalue weighted by Crippen LogP contribution is -2.45. The number of hydrogen-bond acceptors (Lipinski definition) is 3. The maximum Gasteiger partial charge on any atom is 0.407 e. The number of carbonyl (C=O) groups is 1. The van der Waals surface area contributed by atoms with Crippen LogP contribution in [0.4, 0.5) is 4.79 Å². The molecule has 0 aromatic heterocycles. The fourth-order valence-electron chi connectivity index (χ4n) is 2.35. The monoisotopic (exact) mass is 243 g/mol. The topological polar surface area (TPSA) is 58.6 Å². The van der Waals surface area contributed by atoms with Gasteiger partial charge in [0.05, 0.1) is 0 Å². The van der Waals surface area contributed by atoms with Gasteiger partial charge < -0.3 is 15.2 Å². The molecule has 1 saturated carbocycles. The van der Waals surface area contributed by atoms with E-state index in [4.69, 9.17) is 9.84 Å². The van der Waals surface area contributed by atoms with E-state index in [9.17, 15) is 4.79 Å². The molecule has 4 heteroatoms. The Kier molecular flexibility index (Phi) is 4.80. The quantitative estimate of drug-likeness (QED) is 0.782. The Morgan fingerprint density at radius 1 is 1.41 bits per heavy atom. The Hall–Kier alpha value is -0.770. The highest BCUT2D eigenvalue weighted by Gasteiger charge is 2.29. The van der Waals surface area contributed by atoms with Crippen LogP contribution in [0.3, 0.4) is 0 Å². The molecule has 0 aromatic carbocycles. The number of rotatable bonds is 2. The normalized spacial score (nSPS) is 29.8. The van der Waals surface area contributed by atoms with Gasteiger partial charge in [0.1, 0.15) is 5.60 Å². The van der Waals surface area contributed by atoms with Gasteiger partial charge in [0, 0.05) is 12.6 Å². The molecule has 17 heavy (non-hydrogen) atoms. The van der Waals surface area contributed by atoms with Gasteiger partial charge in [0.2, 0.25) is 0 Å². The molecule has 0 spiro atoms. The second kappa shape index (κ2) is 5.71. The summed E-state index contributed by atoms with van der Waals surface area (Å²) in [6, 6.07) is 0.174. The summed E-state index contributed by atoms with van der Waals surface area (Å²) in [4.78, 5) is 11.6. The van der Waals surface area contributed by atoms with Crippen molar-refractivity contribution in [2.45, 2.75) is 58.6 Å². The maximum absolute atomic E-state index is 11.6. The lowest BCUT2D eigenvalue weighted by atomic mass is 9.79. The Bertz CT molecular complexity index is 260. The highest BCUT2D eigenvalue weighted by molar-refractivity contribution is 5.68. The van der Waals surface area contributed by atoms with Gasteiger partial charge >= 0.3 is 6.09 Å². The molecule has 1 aliphatic carbocycles. The van der Waals surface area contributed by atoms with Crippen molar-refractivity contribution in [1.29, 1.82) is 0 Å². The van der Waals surface area contributed by atoms with Crippen LogP contribution in [0.5, 0.6) is 0 Å². The molecular weight excluding hydrogens is 218 g/mol. The van der Waals surface area contributed by atoms with Crippen LogP contribution in [0.25, 0.3) is 0 Å². The first kappa shape index (κ1) is 14.3. The fourth-order valence-corrected chi connectivity index (χ4v) is 2.35. The molecule has 0 saturated heterocycles. The predicted molar refractivity (Wildman–Crippen MR) is 66.7 cm³/mol. The van der Waals surface area contributed by atoms with Gasteiger partial charge in [-0.25, -0.2) is 4.79 Å². The van der Waals surface area contributed by atoms with Gasteiger partial charge in [0.25, 0.3) is 0 Å². The average Bonchev–Trinajstić information content (AvgIpc) is 2.18. The third kappa shape index (κ3) is 4.94. The number of aliphatic hydroxyl groups excluding tert-OH is 1. The van der Waals surface area contributed by atoms with Crippen molar-refractivity contribution < 1.29 is 14.6 Å². The van der Waals surface area contributed by atoms with Crippen LogP contribution in [0.1, 0.15) is 47.0 Å². The predicted octanol–water partition coefficient (Wildman–Crippen LogP) is 2.31. The Balaban J connectivity index is 2.40. The number of nitrogens with one attached hydrogen (secondary N) is 1.